The molecule has 1 unspecified atom stereocenters. The molecule has 2 rings (SSSR count). The number of amides is 1. The number of ether oxygens (including phenoxy) is 1. The minimum Gasteiger partial charge on any atom is -0.491 e. The van der Waals surface area contributed by atoms with Crippen LogP contribution in [-0.4, -0.2) is 30.3 Å². The second-order valence-corrected chi connectivity index (χ2v) is 5.80. The van der Waals surface area contributed by atoms with Crippen molar-refractivity contribution in [3.8, 4) is 5.75 Å². The summed E-state index contributed by atoms with van der Waals surface area (Å²) in [6, 6.07) is 5.01. The molecule has 0 aliphatic heterocycles. The van der Waals surface area contributed by atoms with E-state index in [1.165, 1.54) is 17.4 Å². The highest BCUT2D eigenvalue weighted by atomic mass is 32.1. The maximum atomic E-state index is 13.0. The number of aryl methyl sites for hydroxylation is 1. The predicted octanol–water partition coefficient (Wildman–Crippen LogP) is 2.76. The van der Waals surface area contributed by atoms with Crippen LogP contribution in [0.25, 0.3) is 0 Å². The van der Waals surface area contributed by atoms with Crippen molar-refractivity contribution >= 4 is 17.2 Å². The molecule has 1 aromatic heterocycles. The van der Waals surface area contributed by atoms with Crippen LogP contribution >= 0.6 is 11.3 Å². The topological polar surface area (TPSA) is 58.6 Å². The number of carbonyl (C=O) groups excluding carboxylic acids is 1. The third-order valence-electron chi connectivity index (χ3n) is 3.17. The van der Waals surface area contributed by atoms with Crippen LogP contribution in [0.2, 0.25) is 0 Å². The molecule has 124 valence electrons. The van der Waals surface area contributed by atoms with E-state index in [1.807, 2.05) is 18.4 Å². The van der Waals surface area contributed by atoms with Gasteiger partial charge >= 0.3 is 0 Å². The molecule has 2 N–H and O–H groups in total. The fraction of sp³-hybridized carbons (Fsp3) is 0.312. The van der Waals surface area contributed by atoms with Crippen LogP contribution in [0.3, 0.4) is 0 Å². The van der Waals surface area contributed by atoms with Gasteiger partial charge < -0.3 is 15.2 Å². The number of aliphatic hydroxyl groups is 1. The van der Waals surface area contributed by atoms with Crippen LogP contribution in [0.1, 0.15) is 22.2 Å². The summed E-state index contributed by atoms with van der Waals surface area (Å²) in [6.45, 7) is 1.82. The van der Waals surface area contributed by atoms with E-state index >= 15 is 0 Å². The van der Waals surface area contributed by atoms with Gasteiger partial charge in [-0.1, -0.05) is 6.92 Å². The summed E-state index contributed by atoms with van der Waals surface area (Å²) in [4.78, 5) is 12.6. The first-order chi connectivity index (χ1) is 11.0. The quantitative estimate of drug-likeness (QED) is 0.814. The summed E-state index contributed by atoms with van der Waals surface area (Å²) in [5.74, 6) is -2.12. The lowest BCUT2D eigenvalue weighted by atomic mass is 10.2. The number of carbonyl (C=O) groups is 1. The van der Waals surface area contributed by atoms with Crippen molar-refractivity contribution in [3.63, 3.8) is 0 Å². The number of benzene rings is 1. The van der Waals surface area contributed by atoms with E-state index in [2.05, 4.69) is 5.32 Å². The summed E-state index contributed by atoms with van der Waals surface area (Å²) < 4.78 is 31.0. The minimum atomic E-state index is -1.02. The Morgan fingerprint density at radius 3 is 2.83 bits per heavy atom. The number of rotatable bonds is 7. The maximum absolute atomic E-state index is 13.0. The Labute approximate surface area is 136 Å². The van der Waals surface area contributed by atoms with Gasteiger partial charge in [-0.25, -0.2) is 8.78 Å². The molecule has 0 saturated carbocycles. The average Bonchev–Trinajstić information content (AvgIpc) is 3.02. The predicted molar refractivity (Wildman–Crippen MR) is 83.9 cm³/mol. The molecule has 0 bridgehead atoms. The molecule has 0 aliphatic rings. The molecule has 0 aliphatic carbocycles. The van der Waals surface area contributed by atoms with Gasteiger partial charge in [-0.3, -0.25) is 4.79 Å². The largest absolute Gasteiger partial charge is 0.491 e. The number of aliphatic hydroxyl groups excluding tert-OH is 1. The molecule has 7 heteroatoms. The first kappa shape index (κ1) is 17.4. The lowest BCUT2D eigenvalue weighted by Gasteiger charge is -2.13. The van der Waals surface area contributed by atoms with Gasteiger partial charge in [0.15, 0.2) is 11.6 Å². The highest BCUT2D eigenvalue weighted by Gasteiger charge is 2.14. The Kier molecular flexibility index (Phi) is 6.06. The first-order valence-corrected chi connectivity index (χ1v) is 7.99. The van der Waals surface area contributed by atoms with Gasteiger partial charge in [0.05, 0.1) is 4.88 Å². The van der Waals surface area contributed by atoms with Crippen molar-refractivity contribution in [1.82, 2.24) is 5.32 Å². The Morgan fingerprint density at radius 2 is 2.13 bits per heavy atom. The zero-order valence-corrected chi connectivity index (χ0v) is 13.3. The molecule has 1 amide bonds. The molecule has 23 heavy (non-hydrogen) atoms. The van der Waals surface area contributed by atoms with E-state index in [0.717, 1.165) is 24.1 Å². The highest BCUT2D eigenvalue weighted by molar-refractivity contribution is 7.12. The molecule has 0 saturated heterocycles. The van der Waals surface area contributed by atoms with Gasteiger partial charge in [-0.05, 0) is 35.6 Å². The van der Waals surface area contributed by atoms with Crippen LogP contribution in [0, 0.1) is 11.6 Å². The number of nitrogens with one attached hydrogen (secondary N) is 1. The van der Waals surface area contributed by atoms with E-state index in [9.17, 15) is 18.7 Å². The molecule has 0 fully saturated rings. The van der Waals surface area contributed by atoms with Crippen molar-refractivity contribution in [2.75, 3.05) is 13.2 Å². The van der Waals surface area contributed by atoms with Gasteiger partial charge in [0, 0.05) is 12.6 Å². The number of halogens is 2. The van der Waals surface area contributed by atoms with E-state index < -0.39 is 17.7 Å². The van der Waals surface area contributed by atoms with Crippen molar-refractivity contribution < 1.29 is 23.4 Å². The van der Waals surface area contributed by atoms with E-state index in [-0.39, 0.29) is 24.8 Å². The second kappa shape index (κ2) is 8.03. The second-order valence-electron chi connectivity index (χ2n) is 4.88. The zero-order valence-electron chi connectivity index (χ0n) is 12.5. The van der Waals surface area contributed by atoms with Crippen molar-refractivity contribution in [1.29, 1.82) is 0 Å². The van der Waals surface area contributed by atoms with Crippen LogP contribution in [0.15, 0.2) is 29.6 Å². The molecule has 1 aromatic carbocycles. The third kappa shape index (κ3) is 4.74. The van der Waals surface area contributed by atoms with Gasteiger partial charge in [0.2, 0.25) is 0 Å². The van der Waals surface area contributed by atoms with E-state index in [1.54, 1.807) is 0 Å². The fourth-order valence-electron chi connectivity index (χ4n) is 1.92. The Bertz CT molecular complexity index is 675. The standard InChI is InChI=1S/C16H17F2NO3S/c1-2-10-5-6-23-15(10)16(21)19-8-11(20)9-22-12-3-4-13(17)14(18)7-12/h3-7,11,20H,2,8-9H2,1H3,(H,19,21). The Balaban J connectivity index is 1.79. The molecule has 0 spiro atoms. The van der Waals surface area contributed by atoms with Crippen molar-refractivity contribution in [3.05, 3.63) is 51.7 Å². The molecule has 1 atom stereocenters. The average molecular weight is 341 g/mol. The molecular weight excluding hydrogens is 324 g/mol. The first-order valence-electron chi connectivity index (χ1n) is 7.11. The lowest BCUT2D eigenvalue weighted by Crippen LogP contribution is -2.35. The van der Waals surface area contributed by atoms with E-state index in [0.29, 0.717) is 4.88 Å². The minimum absolute atomic E-state index is 0.00354. The number of hydrogen-bond acceptors (Lipinski definition) is 4. The smallest absolute Gasteiger partial charge is 0.261 e. The van der Waals surface area contributed by atoms with Crippen molar-refractivity contribution in [2.24, 2.45) is 0 Å². The van der Waals surface area contributed by atoms with Gasteiger partial charge in [0.25, 0.3) is 5.91 Å². The molecule has 2 aromatic rings. The van der Waals surface area contributed by atoms with E-state index in [4.69, 9.17) is 4.74 Å². The zero-order chi connectivity index (χ0) is 16.8. The SMILES string of the molecule is CCc1ccsc1C(=O)NCC(O)COc1ccc(F)c(F)c1. The Morgan fingerprint density at radius 1 is 1.35 bits per heavy atom. The number of thiophene rings is 1. The normalized spacial score (nSPS) is 12.0. The van der Waals surface area contributed by atoms with Gasteiger partial charge in [-0.15, -0.1) is 11.3 Å². The molecular formula is C16H17F2NO3S. The van der Waals surface area contributed by atoms with Crippen LogP contribution < -0.4 is 10.1 Å². The van der Waals surface area contributed by atoms with Crippen LogP contribution in [0.4, 0.5) is 8.78 Å². The summed E-state index contributed by atoms with van der Waals surface area (Å²) in [5.41, 5.74) is 0.958. The van der Waals surface area contributed by atoms with Crippen LogP contribution in [-0.2, 0) is 6.42 Å². The lowest BCUT2D eigenvalue weighted by molar-refractivity contribution is 0.0845. The summed E-state index contributed by atoms with van der Waals surface area (Å²) in [6.07, 6.45) is -0.203. The van der Waals surface area contributed by atoms with Gasteiger partial charge in [0.1, 0.15) is 18.5 Å². The summed E-state index contributed by atoms with van der Waals surface area (Å²) in [7, 11) is 0. The molecule has 0 radical (unpaired) electrons. The third-order valence-corrected chi connectivity index (χ3v) is 4.12. The van der Waals surface area contributed by atoms with Crippen molar-refractivity contribution in [2.45, 2.75) is 19.4 Å². The molecule has 1 heterocycles. The summed E-state index contributed by atoms with van der Waals surface area (Å²) in [5, 5.41) is 14.3. The van der Waals surface area contributed by atoms with Crippen LogP contribution in [0.5, 0.6) is 5.75 Å². The molecule has 4 nitrogen and oxygen atoms in total. The monoisotopic (exact) mass is 341 g/mol. The fourth-order valence-corrected chi connectivity index (χ4v) is 2.83. The Hall–Kier alpha value is -1.99. The number of hydrogen-bond donors (Lipinski definition) is 2. The highest BCUT2D eigenvalue weighted by Crippen LogP contribution is 2.17. The van der Waals surface area contributed by atoms with Gasteiger partial charge in [-0.2, -0.15) is 0 Å². The summed E-state index contributed by atoms with van der Waals surface area (Å²) >= 11 is 1.34. The maximum Gasteiger partial charge on any atom is 0.261 e.